The maximum atomic E-state index is 10.6. The van der Waals surface area contributed by atoms with E-state index in [0.717, 1.165) is 29.7 Å². The Labute approximate surface area is 210 Å². The summed E-state index contributed by atoms with van der Waals surface area (Å²) in [6, 6.07) is 12.8. The van der Waals surface area contributed by atoms with Crippen molar-refractivity contribution < 1.29 is 24.9 Å². The highest BCUT2D eigenvalue weighted by atomic mass is 16.5. The minimum atomic E-state index is -0.852. The highest BCUT2D eigenvalue weighted by Crippen LogP contribution is 2.41. The number of aliphatic hydroxyl groups is 2. The highest BCUT2D eigenvalue weighted by Gasteiger charge is 2.31. The molecule has 5 nitrogen and oxygen atoms in total. The van der Waals surface area contributed by atoms with Crippen molar-refractivity contribution in [2.45, 2.75) is 90.8 Å². The number of hydrogen-bond donors (Lipinski definition) is 3. The maximum Gasteiger partial charge on any atom is 0.303 e. The van der Waals surface area contributed by atoms with Gasteiger partial charge in [-0.15, -0.1) is 0 Å². The molecule has 35 heavy (non-hydrogen) atoms. The molecule has 5 heteroatoms. The number of hydrogen-bond acceptors (Lipinski definition) is 4. The molecule has 0 bridgehead atoms. The number of aliphatic hydroxyl groups excluding tert-OH is 1. The summed E-state index contributed by atoms with van der Waals surface area (Å²) in [7, 11) is 0. The normalized spacial score (nSPS) is 13.3. The Morgan fingerprint density at radius 3 is 2.14 bits per heavy atom. The summed E-state index contributed by atoms with van der Waals surface area (Å²) < 4.78 is 5.86. The van der Waals surface area contributed by atoms with Gasteiger partial charge in [0.25, 0.3) is 0 Å². The average Bonchev–Trinajstić information content (AvgIpc) is 2.78. The van der Waals surface area contributed by atoms with Crippen molar-refractivity contribution in [1.82, 2.24) is 0 Å². The molecule has 192 valence electrons. The SMILES string of the molecule is CCC(CC)(c1ccc(C=CC(C)(C)O)c(C)c1)c1ccc(OC[C@@H](O)CCCC(=O)O)c(C)c1. The van der Waals surface area contributed by atoms with E-state index in [4.69, 9.17) is 9.84 Å². The van der Waals surface area contributed by atoms with Gasteiger partial charge >= 0.3 is 5.97 Å². The predicted molar refractivity (Wildman–Crippen MR) is 142 cm³/mol. The van der Waals surface area contributed by atoms with Gasteiger partial charge in [-0.1, -0.05) is 56.3 Å². The quantitative estimate of drug-likeness (QED) is 0.317. The first-order valence-corrected chi connectivity index (χ1v) is 12.6. The van der Waals surface area contributed by atoms with Crippen molar-refractivity contribution in [2.75, 3.05) is 6.61 Å². The minimum Gasteiger partial charge on any atom is -0.491 e. The summed E-state index contributed by atoms with van der Waals surface area (Å²) in [6.45, 7) is 12.2. The van der Waals surface area contributed by atoms with E-state index in [0.29, 0.717) is 12.8 Å². The lowest BCUT2D eigenvalue weighted by Gasteiger charge is -2.34. The maximum absolute atomic E-state index is 10.6. The zero-order valence-electron chi connectivity index (χ0n) is 22.1. The van der Waals surface area contributed by atoms with E-state index in [1.54, 1.807) is 13.8 Å². The number of aliphatic carboxylic acids is 1. The summed E-state index contributed by atoms with van der Waals surface area (Å²) in [5, 5.41) is 28.9. The van der Waals surface area contributed by atoms with Gasteiger partial charge in [0.2, 0.25) is 0 Å². The minimum absolute atomic E-state index is 0.0526. The molecule has 2 aromatic rings. The lowest BCUT2D eigenvalue weighted by Crippen LogP contribution is -2.26. The van der Waals surface area contributed by atoms with Crippen LogP contribution in [-0.4, -0.2) is 39.6 Å². The zero-order valence-corrected chi connectivity index (χ0v) is 22.1. The molecule has 0 fully saturated rings. The number of carboxylic acids is 1. The summed E-state index contributed by atoms with van der Waals surface area (Å²) in [4.78, 5) is 10.6. The molecule has 1 atom stereocenters. The molecule has 0 radical (unpaired) electrons. The standard InChI is InChI=1S/C30H42O5/c1-7-30(8-2,24-13-12-23(21(3)18-24)16-17-29(5,6)34)25-14-15-27(22(4)19-25)35-20-26(31)10-9-11-28(32)33/h12-19,26,31,34H,7-11,20H2,1-6H3,(H,32,33)/t26-/m0/s1. The van der Waals surface area contributed by atoms with Gasteiger partial charge in [0.05, 0.1) is 11.7 Å². The largest absolute Gasteiger partial charge is 0.491 e. The van der Waals surface area contributed by atoms with Crippen molar-refractivity contribution in [2.24, 2.45) is 0 Å². The molecule has 0 unspecified atom stereocenters. The van der Waals surface area contributed by atoms with Gasteiger partial charge in [-0.25, -0.2) is 0 Å². The van der Waals surface area contributed by atoms with Gasteiger partial charge in [-0.3, -0.25) is 4.79 Å². The third-order valence-corrected chi connectivity index (χ3v) is 6.79. The molecule has 0 aliphatic heterocycles. The Bertz CT molecular complexity index is 1010. The molecule has 0 amide bonds. The van der Waals surface area contributed by atoms with Crippen LogP contribution in [0.15, 0.2) is 42.5 Å². The molecule has 0 spiro atoms. The van der Waals surface area contributed by atoms with Crippen molar-refractivity contribution in [3.8, 4) is 5.75 Å². The van der Waals surface area contributed by atoms with E-state index in [9.17, 15) is 15.0 Å². The van der Waals surface area contributed by atoms with Crippen LogP contribution in [-0.2, 0) is 10.2 Å². The van der Waals surface area contributed by atoms with Gasteiger partial charge in [-0.2, -0.15) is 0 Å². The number of benzene rings is 2. The monoisotopic (exact) mass is 482 g/mol. The lowest BCUT2D eigenvalue weighted by molar-refractivity contribution is -0.137. The van der Waals surface area contributed by atoms with Crippen LogP contribution in [0.5, 0.6) is 5.75 Å². The Morgan fingerprint density at radius 2 is 1.63 bits per heavy atom. The highest BCUT2D eigenvalue weighted by molar-refractivity contribution is 5.66. The second-order valence-corrected chi connectivity index (χ2v) is 10.1. The van der Waals surface area contributed by atoms with Gasteiger partial charge in [0, 0.05) is 11.8 Å². The van der Waals surface area contributed by atoms with Crippen molar-refractivity contribution in [3.63, 3.8) is 0 Å². The van der Waals surface area contributed by atoms with Crippen molar-refractivity contribution in [1.29, 1.82) is 0 Å². The van der Waals surface area contributed by atoms with Crippen LogP contribution in [0.2, 0.25) is 0 Å². The van der Waals surface area contributed by atoms with Gasteiger partial charge in [-0.05, 0) is 87.3 Å². The van der Waals surface area contributed by atoms with Gasteiger partial charge in [0.15, 0.2) is 0 Å². The molecular weight excluding hydrogens is 440 g/mol. The molecular formula is C30H42O5. The summed E-state index contributed by atoms with van der Waals surface area (Å²) in [5.74, 6) is -0.120. The van der Waals surface area contributed by atoms with Gasteiger partial charge < -0.3 is 20.1 Å². The van der Waals surface area contributed by atoms with Crippen molar-refractivity contribution in [3.05, 3.63) is 70.3 Å². The molecule has 0 aliphatic rings. The van der Waals surface area contributed by atoms with E-state index in [-0.39, 0.29) is 18.4 Å². The predicted octanol–water partition coefficient (Wildman–Crippen LogP) is 6.19. The van der Waals surface area contributed by atoms with Crippen LogP contribution in [0.25, 0.3) is 6.08 Å². The molecule has 3 N–H and O–H groups in total. The van der Waals surface area contributed by atoms with Crippen molar-refractivity contribution >= 4 is 12.0 Å². The summed E-state index contributed by atoms with van der Waals surface area (Å²) >= 11 is 0. The average molecular weight is 483 g/mol. The fourth-order valence-corrected chi connectivity index (χ4v) is 4.55. The van der Waals surface area contributed by atoms with Crippen LogP contribution < -0.4 is 4.74 Å². The summed E-state index contributed by atoms with van der Waals surface area (Å²) in [6.07, 6.45) is 5.88. The molecule has 0 heterocycles. The first-order valence-electron chi connectivity index (χ1n) is 12.6. The second-order valence-electron chi connectivity index (χ2n) is 10.1. The van der Waals surface area contributed by atoms with Gasteiger partial charge in [0.1, 0.15) is 12.4 Å². The van der Waals surface area contributed by atoms with Crippen LogP contribution in [0.4, 0.5) is 0 Å². The Hall–Kier alpha value is -2.63. The molecule has 0 saturated carbocycles. The van der Waals surface area contributed by atoms with Crippen LogP contribution >= 0.6 is 0 Å². The molecule has 0 aromatic heterocycles. The molecule has 0 aliphatic carbocycles. The Balaban J connectivity index is 2.24. The van der Waals surface area contributed by atoms with E-state index in [2.05, 4.69) is 51.1 Å². The summed E-state index contributed by atoms with van der Waals surface area (Å²) in [5.41, 5.74) is 4.78. The second kappa shape index (κ2) is 12.4. The third-order valence-electron chi connectivity index (χ3n) is 6.79. The molecule has 2 rings (SSSR count). The van der Waals surface area contributed by atoms with Crippen LogP contribution in [0.3, 0.4) is 0 Å². The number of rotatable bonds is 13. The van der Waals surface area contributed by atoms with Crippen LogP contribution in [0.1, 0.15) is 87.6 Å². The third kappa shape index (κ3) is 7.94. The zero-order chi connectivity index (χ0) is 26.2. The van der Waals surface area contributed by atoms with E-state index >= 15 is 0 Å². The molecule has 2 aromatic carbocycles. The first-order chi connectivity index (χ1) is 16.4. The number of ether oxygens (including phenoxy) is 1. The first kappa shape index (κ1) is 28.6. The lowest BCUT2D eigenvalue weighted by atomic mass is 9.70. The number of carbonyl (C=O) groups is 1. The topological polar surface area (TPSA) is 87.0 Å². The van der Waals surface area contributed by atoms with E-state index in [1.807, 2.05) is 25.1 Å². The van der Waals surface area contributed by atoms with Crippen LogP contribution in [0, 0.1) is 13.8 Å². The molecule has 0 saturated heterocycles. The Morgan fingerprint density at radius 1 is 1.03 bits per heavy atom. The smallest absolute Gasteiger partial charge is 0.303 e. The van der Waals surface area contributed by atoms with E-state index in [1.165, 1.54) is 16.7 Å². The number of carboxylic acid groups (broad SMARTS) is 1. The van der Waals surface area contributed by atoms with E-state index < -0.39 is 17.7 Å². The fourth-order valence-electron chi connectivity index (χ4n) is 4.55. The fraction of sp³-hybridized carbons (Fsp3) is 0.500. The Kier molecular flexibility index (Phi) is 10.1. The number of aryl methyl sites for hydroxylation is 2.